The predicted octanol–water partition coefficient (Wildman–Crippen LogP) is 6.22. The Hall–Kier alpha value is -2.91. The Morgan fingerprint density at radius 3 is 2.41 bits per heavy atom. The van der Waals surface area contributed by atoms with Gasteiger partial charge in [0.25, 0.3) is 0 Å². The fourth-order valence-electron chi connectivity index (χ4n) is 5.60. The molecule has 1 unspecified atom stereocenters. The molecule has 0 bridgehead atoms. The average molecular weight is 548 g/mol. The van der Waals surface area contributed by atoms with Gasteiger partial charge in [0.1, 0.15) is 29.4 Å². The van der Waals surface area contributed by atoms with E-state index in [-0.39, 0.29) is 30.4 Å². The molecule has 0 aliphatic carbocycles. The summed E-state index contributed by atoms with van der Waals surface area (Å²) in [7, 11) is 5.31. The predicted molar refractivity (Wildman–Crippen MR) is 146 cm³/mol. The highest BCUT2D eigenvalue weighted by atomic mass is 19.1. The number of aromatic nitrogens is 1. The van der Waals surface area contributed by atoms with Crippen molar-refractivity contribution in [2.45, 2.75) is 44.7 Å². The molecule has 1 aliphatic rings. The monoisotopic (exact) mass is 547 g/mol. The minimum atomic E-state index is -1.25. The molecule has 39 heavy (non-hydrogen) atoms. The molecule has 0 amide bonds. The number of likely N-dealkylation sites (tertiary alicyclic amines) is 1. The third-order valence-corrected chi connectivity index (χ3v) is 8.08. The van der Waals surface area contributed by atoms with E-state index in [2.05, 4.69) is 9.88 Å². The Morgan fingerprint density at radius 1 is 1.10 bits per heavy atom. The van der Waals surface area contributed by atoms with Crippen molar-refractivity contribution in [1.29, 1.82) is 0 Å². The molecule has 5 nitrogen and oxygen atoms in total. The number of ether oxygens (including phenoxy) is 1. The Bertz CT molecular complexity index is 1260. The van der Waals surface area contributed by atoms with Gasteiger partial charge in [0.05, 0.1) is 24.5 Å². The number of methoxy groups -OCH3 is 1. The Morgan fingerprint density at radius 2 is 1.79 bits per heavy atom. The number of rotatable bonds is 11. The number of hydrogen-bond acceptors (Lipinski definition) is 5. The van der Waals surface area contributed by atoms with Crippen LogP contribution in [0.15, 0.2) is 36.5 Å². The fourth-order valence-corrected chi connectivity index (χ4v) is 5.60. The number of alkyl halides is 1. The zero-order valence-corrected chi connectivity index (χ0v) is 22.8. The highest BCUT2D eigenvalue weighted by molar-refractivity contribution is 5.88. The first kappa shape index (κ1) is 29.1. The molecule has 1 N–H and O–H groups in total. The summed E-state index contributed by atoms with van der Waals surface area (Å²) in [5.74, 6) is -2.00. The lowest BCUT2D eigenvalue weighted by Crippen LogP contribution is -2.42. The van der Waals surface area contributed by atoms with Gasteiger partial charge in [-0.1, -0.05) is 0 Å². The molecule has 2 aromatic carbocycles. The Labute approximate surface area is 227 Å². The molecule has 0 spiro atoms. The van der Waals surface area contributed by atoms with Gasteiger partial charge < -0.3 is 19.6 Å². The van der Waals surface area contributed by atoms with Crippen LogP contribution in [-0.4, -0.2) is 62.4 Å². The van der Waals surface area contributed by atoms with Gasteiger partial charge in [-0.3, -0.25) is 4.98 Å². The molecule has 4 rings (SSSR count). The number of anilines is 1. The number of hydrogen-bond donors (Lipinski definition) is 1. The lowest BCUT2D eigenvalue weighted by Gasteiger charge is -2.41. The molecule has 212 valence electrons. The topological polar surface area (TPSA) is 48.8 Å². The van der Waals surface area contributed by atoms with Crippen molar-refractivity contribution in [2.75, 3.05) is 52.3 Å². The lowest BCUT2D eigenvalue weighted by molar-refractivity contribution is 0.0300. The zero-order valence-electron chi connectivity index (χ0n) is 22.8. The van der Waals surface area contributed by atoms with Crippen molar-refractivity contribution in [2.24, 2.45) is 5.41 Å². The number of fused-ring (bicyclic) bond motifs is 1. The molecule has 3 aromatic rings. The molecule has 1 fully saturated rings. The Kier molecular flexibility index (Phi) is 9.33. The lowest BCUT2D eigenvalue weighted by atomic mass is 9.74. The molecule has 0 saturated carbocycles. The van der Waals surface area contributed by atoms with E-state index in [0.29, 0.717) is 80.0 Å². The maximum Gasteiger partial charge on any atom is 0.132 e. The zero-order chi connectivity index (χ0) is 28.2. The van der Waals surface area contributed by atoms with Crippen LogP contribution >= 0.6 is 0 Å². The van der Waals surface area contributed by atoms with Crippen LogP contribution < -0.4 is 9.64 Å². The number of aliphatic hydroxyl groups is 1. The van der Waals surface area contributed by atoms with Crippen molar-refractivity contribution in [1.82, 2.24) is 9.88 Å². The van der Waals surface area contributed by atoms with E-state index in [9.17, 15) is 18.3 Å². The molecule has 0 radical (unpaired) electrons. The average Bonchev–Trinajstić information content (AvgIpc) is 2.92. The van der Waals surface area contributed by atoms with Gasteiger partial charge in [-0.25, -0.2) is 17.6 Å². The van der Waals surface area contributed by atoms with E-state index in [4.69, 9.17) is 4.74 Å². The number of benzene rings is 2. The smallest absolute Gasteiger partial charge is 0.132 e. The first-order valence-electron chi connectivity index (χ1n) is 13.4. The molecule has 1 atom stereocenters. The molecule has 1 aliphatic heterocycles. The fraction of sp³-hybridized carbons (Fsp3) is 0.500. The molecular weight excluding hydrogens is 510 g/mol. The van der Waals surface area contributed by atoms with Gasteiger partial charge >= 0.3 is 0 Å². The second-order valence-corrected chi connectivity index (χ2v) is 10.8. The molecule has 9 heteroatoms. The summed E-state index contributed by atoms with van der Waals surface area (Å²) >= 11 is 0. The van der Waals surface area contributed by atoms with Crippen LogP contribution in [0.1, 0.15) is 49.4 Å². The van der Waals surface area contributed by atoms with Crippen LogP contribution in [0.3, 0.4) is 0 Å². The third kappa shape index (κ3) is 6.64. The van der Waals surface area contributed by atoms with E-state index >= 15 is 4.39 Å². The van der Waals surface area contributed by atoms with Crippen LogP contribution in [0.25, 0.3) is 10.9 Å². The number of nitrogens with zero attached hydrogens (tertiary/aromatic N) is 3. The minimum Gasteiger partial charge on any atom is -0.497 e. The third-order valence-electron chi connectivity index (χ3n) is 8.08. The summed E-state index contributed by atoms with van der Waals surface area (Å²) in [6.07, 6.45) is 3.38. The summed E-state index contributed by atoms with van der Waals surface area (Å²) in [4.78, 5) is 8.56. The first-order chi connectivity index (χ1) is 18.7. The van der Waals surface area contributed by atoms with Gasteiger partial charge in [0, 0.05) is 49.3 Å². The number of piperidine rings is 1. The molecular formula is C30H37F4N3O2. The maximum absolute atomic E-state index is 16.0. The van der Waals surface area contributed by atoms with Gasteiger partial charge in [0.2, 0.25) is 0 Å². The standard InChI is InChI=1S/C30H37F4N3O2/c1-36(2)28-18-35-27-7-6-21(39-3)17-23(27)29(28)24(32)8-9-30(19-38)10-13-37(14-11-30)12-4-5-22-25(33)15-20(31)16-26(22)34/h6-7,15-18,24,38H,4-5,8-14,19H2,1-3H3. The van der Waals surface area contributed by atoms with Crippen molar-refractivity contribution in [3.05, 3.63) is 65.1 Å². The van der Waals surface area contributed by atoms with E-state index in [1.54, 1.807) is 13.3 Å². The largest absolute Gasteiger partial charge is 0.497 e. The second-order valence-electron chi connectivity index (χ2n) is 10.8. The van der Waals surface area contributed by atoms with Crippen LogP contribution in [0.2, 0.25) is 0 Å². The molecule has 1 aromatic heterocycles. The first-order valence-corrected chi connectivity index (χ1v) is 13.4. The summed E-state index contributed by atoms with van der Waals surface area (Å²) in [6, 6.07) is 6.87. The van der Waals surface area contributed by atoms with Crippen molar-refractivity contribution >= 4 is 16.6 Å². The van der Waals surface area contributed by atoms with E-state index < -0.39 is 23.6 Å². The van der Waals surface area contributed by atoms with Crippen LogP contribution in [0.4, 0.5) is 23.2 Å². The normalized spacial score (nSPS) is 16.4. The summed E-state index contributed by atoms with van der Waals surface area (Å²) in [5.41, 5.74) is 1.52. The Balaban J connectivity index is 1.38. The number of halogens is 4. The number of aliphatic hydroxyl groups excluding tert-OH is 1. The van der Waals surface area contributed by atoms with Gasteiger partial charge in [-0.2, -0.15) is 0 Å². The van der Waals surface area contributed by atoms with E-state index in [1.165, 1.54) is 0 Å². The van der Waals surface area contributed by atoms with Crippen LogP contribution in [-0.2, 0) is 6.42 Å². The summed E-state index contributed by atoms with van der Waals surface area (Å²) in [6.45, 7) is 2.04. The second kappa shape index (κ2) is 12.5. The van der Waals surface area contributed by atoms with Crippen LogP contribution in [0, 0.1) is 22.9 Å². The highest BCUT2D eigenvalue weighted by Gasteiger charge is 2.35. The highest BCUT2D eigenvalue weighted by Crippen LogP contribution is 2.42. The minimum absolute atomic E-state index is 0.0228. The summed E-state index contributed by atoms with van der Waals surface area (Å²) < 4.78 is 62.4. The van der Waals surface area contributed by atoms with Crippen molar-refractivity contribution in [3.8, 4) is 5.75 Å². The number of pyridine rings is 1. The summed E-state index contributed by atoms with van der Waals surface area (Å²) in [5, 5.41) is 11.0. The van der Waals surface area contributed by atoms with E-state index in [0.717, 1.165) is 5.39 Å². The van der Waals surface area contributed by atoms with Gasteiger partial charge in [0.15, 0.2) is 0 Å². The van der Waals surface area contributed by atoms with E-state index in [1.807, 2.05) is 37.2 Å². The van der Waals surface area contributed by atoms with Crippen molar-refractivity contribution < 1.29 is 27.4 Å². The quantitative estimate of drug-likeness (QED) is 0.289. The van der Waals surface area contributed by atoms with Crippen LogP contribution in [0.5, 0.6) is 5.75 Å². The van der Waals surface area contributed by atoms with Gasteiger partial charge in [-0.15, -0.1) is 0 Å². The molecule has 1 saturated heterocycles. The van der Waals surface area contributed by atoms with Gasteiger partial charge in [-0.05, 0) is 81.8 Å². The molecule has 2 heterocycles. The van der Waals surface area contributed by atoms with Crippen molar-refractivity contribution in [3.63, 3.8) is 0 Å². The maximum atomic E-state index is 16.0. The SMILES string of the molecule is COc1ccc2ncc(N(C)C)c(C(F)CCC3(CO)CCN(CCCc4c(F)cc(F)cc4F)CC3)c2c1.